The fourth-order valence-electron chi connectivity index (χ4n) is 2.15. The Balaban J connectivity index is 2.27. The minimum atomic E-state index is -0.550. The van der Waals surface area contributed by atoms with Crippen LogP contribution in [0.2, 0.25) is 0 Å². The molecule has 0 amide bonds. The molecule has 5 heteroatoms. The first-order valence-corrected chi connectivity index (χ1v) is 7.39. The van der Waals surface area contributed by atoms with Gasteiger partial charge in [0.25, 0.3) is 5.56 Å². The van der Waals surface area contributed by atoms with Crippen molar-refractivity contribution < 1.29 is 14.6 Å². The number of pyridine rings is 1. The van der Waals surface area contributed by atoms with Crippen molar-refractivity contribution in [1.29, 1.82) is 0 Å². The van der Waals surface area contributed by atoms with E-state index in [0.717, 1.165) is 5.56 Å². The summed E-state index contributed by atoms with van der Waals surface area (Å²) in [7, 11) is 1.55. The van der Waals surface area contributed by atoms with Crippen LogP contribution < -0.4 is 10.3 Å². The average molecular weight is 325 g/mol. The van der Waals surface area contributed by atoms with Gasteiger partial charge in [0.15, 0.2) is 5.78 Å². The Morgan fingerprint density at radius 2 is 2.12 bits per heavy atom. The lowest BCUT2D eigenvalue weighted by molar-refractivity contribution is 0.104. The van der Waals surface area contributed by atoms with E-state index in [1.807, 2.05) is 0 Å². The third-order valence-corrected chi connectivity index (χ3v) is 3.55. The molecule has 0 radical (unpaired) electrons. The topological polar surface area (TPSA) is 68.5 Å². The van der Waals surface area contributed by atoms with E-state index >= 15 is 0 Å². The summed E-state index contributed by atoms with van der Waals surface area (Å²) in [6.07, 6.45) is 4.47. The van der Waals surface area contributed by atoms with Gasteiger partial charge in [-0.1, -0.05) is 30.9 Å². The maximum Gasteiger partial charge on any atom is 0.265 e. The summed E-state index contributed by atoms with van der Waals surface area (Å²) < 4.78 is 6.75. The second kappa shape index (κ2) is 7.46. The van der Waals surface area contributed by atoms with Crippen molar-refractivity contribution in [3.63, 3.8) is 0 Å². The van der Waals surface area contributed by atoms with Crippen LogP contribution in [-0.4, -0.2) is 22.1 Å². The van der Waals surface area contributed by atoms with E-state index in [1.54, 1.807) is 50.4 Å². The Hall–Kier alpha value is -3.08. The molecule has 2 aromatic rings. The number of allylic oxidation sites excluding steroid dienone is 1. The molecule has 124 valence electrons. The highest BCUT2D eigenvalue weighted by atomic mass is 16.5. The van der Waals surface area contributed by atoms with Crippen LogP contribution in [-0.2, 0) is 7.05 Å². The number of aryl methyl sites for hydroxylation is 1. The van der Waals surface area contributed by atoms with Crippen LogP contribution in [0.1, 0.15) is 21.6 Å². The summed E-state index contributed by atoms with van der Waals surface area (Å²) in [4.78, 5) is 24.4. The zero-order valence-electron chi connectivity index (χ0n) is 13.7. The fraction of sp³-hybridized carbons (Fsp3) is 0.158. The second-order valence-electron chi connectivity index (χ2n) is 5.28. The summed E-state index contributed by atoms with van der Waals surface area (Å²) >= 11 is 0. The van der Waals surface area contributed by atoms with Crippen LogP contribution in [0.3, 0.4) is 0 Å². The van der Waals surface area contributed by atoms with Crippen LogP contribution in [0.5, 0.6) is 11.5 Å². The van der Waals surface area contributed by atoms with E-state index in [1.165, 1.54) is 16.7 Å². The SMILES string of the molecule is C=CCOc1cccc(C=CC(=O)c2c(O)cc(C)n(C)c2=O)c1. The average Bonchev–Trinajstić information content (AvgIpc) is 2.56. The molecular weight excluding hydrogens is 306 g/mol. The zero-order valence-corrected chi connectivity index (χ0v) is 13.7. The molecule has 0 unspecified atom stereocenters. The number of aromatic hydroxyl groups is 1. The first-order valence-electron chi connectivity index (χ1n) is 7.39. The van der Waals surface area contributed by atoms with Crippen LogP contribution in [0.4, 0.5) is 0 Å². The van der Waals surface area contributed by atoms with Gasteiger partial charge in [0.2, 0.25) is 0 Å². The number of ketones is 1. The Labute approximate surface area is 140 Å². The van der Waals surface area contributed by atoms with E-state index in [2.05, 4.69) is 6.58 Å². The molecule has 0 spiro atoms. The monoisotopic (exact) mass is 325 g/mol. The predicted molar refractivity (Wildman–Crippen MR) is 93.6 cm³/mol. The van der Waals surface area contributed by atoms with Gasteiger partial charge in [-0.25, -0.2) is 0 Å². The van der Waals surface area contributed by atoms with Crippen LogP contribution in [0.15, 0.2) is 53.9 Å². The summed E-state index contributed by atoms with van der Waals surface area (Å²) in [5, 5.41) is 9.91. The molecule has 0 aliphatic carbocycles. The third-order valence-electron chi connectivity index (χ3n) is 3.55. The first-order chi connectivity index (χ1) is 11.4. The Kier molecular flexibility index (Phi) is 5.37. The number of hydrogen-bond donors (Lipinski definition) is 1. The highest BCUT2D eigenvalue weighted by Gasteiger charge is 2.16. The molecule has 1 aromatic carbocycles. The quantitative estimate of drug-likeness (QED) is 0.504. The number of rotatable bonds is 6. The van der Waals surface area contributed by atoms with Gasteiger partial charge in [-0.05, 0) is 30.7 Å². The maximum atomic E-state index is 12.3. The molecule has 2 rings (SSSR count). The number of hydrogen-bond acceptors (Lipinski definition) is 4. The lowest BCUT2D eigenvalue weighted by atomic mass is 10.1. The van der Waals surface area contributed by atoms with Crippen LogP contribution in [0.25, 0.3) is 6.08 Å². The maximum absolute atomic E-state index is 12.3. The number of carbonyl (C=O) groups is 1. The standard InChI is InChI=1S/C19H19NO4/c1-4-10-24-15-7-5-6-14(12-15)8-9-16(21)18-17(22)11-13(2)20(3)19(18)23/h4-9,11-12,22H,1,10H2,2-3H3. The molecule has 24 heavy (non-hydrogen) atoms. The Morgan fingerprint density at radius 1 is 1.38 bits per heavy atom. The Bertz CT molecular complexity index is 862. The Morgan fingerprint density at radius 3 is 2.83 bits per heavy atom. The van der Waals surface area contributed by atoms with Crippen molar-refractivity contribution in [3.05, 3.63) is 76.2 Å². The smallest absolute Gasteiger partial charge is 0.265 e. The van der Waals surface area contributed by atoms with Crippen molar-refractivity contribution in [2.45, 2.75) is 6.92 Å². The number of benzene rings is 1. The summed E-state index contributed by atoms with van der Waals surface area (Å²) in [5.74, 6) is -0.211. The van der Waals surface area contributed by atoms with Gasteiger partial charge in [-0.3, -0.25) is 9.59 Å². The van der Waals surface area contributed by atoms with Gasteiger partial charge >= 0.3 is 0 Å². The number of aromatic nitrogens is 1. The molecule has 0 atom stereocenters. The van der Waals surface area contributed by atoms with Gasteiger partial charge < -0.3 is 14.4 Å². The molecule has 0 aliphatic rings. The lowest BCUT2D eigenvalue weighted by Gasteiger charge is -2.07. The molecule has 1 heterocycles. The molecule has 0 bridgehead atoms. The summed E-state index contributed by atoms with van der Waals surface area (Å²) in [6, 6.07) is 8.55. The second-order valence-corrected chi connectivity index (χ2v) is 5.28. The molecule has 1 N–H and O–H groups in total. The summed E-state index contributed by atoms with van der Waals surface area (Å²) in [5.41, 5.74) is 0.557. The van der Waals surface area contributed by atoms with E-state index < -0.39 is 11.3 Å². The highest BCUT2D eigenvalue weighted by molar-refractivity contribution is 6.08. The van der Waals surface area contributed by atoms with E-state index in [9.17, 15) is 14.7 Å². The molecule has 1 aromatic heterocycles. The lowest BCUT2D eigenvalue weighted by Crippen LogP contribution is -2.25. The molecule has 0 saturated carbocycles. The molecule has 0 aliphatic heterocycles. The summed E-state index contributed by atoms with van der Waals surface area (Å²) in [6.45, 7) is 5.65. The highest BCUT2D eigenvalue weighted by Crippen LogP contribution is 2.17. The van der Waals surface area contributed by atoms with Crippen molar-refractivity contribution in [2.24, 2.45) is 7.05 Å². The first kappa shape index (κ1) is 17.3. The number of nitrogens with zero attached hydrogens (tertiary/aromatic N) is 1. The number of ether oxygens (including phenoxy) is 1. The minimum Gasteiger partial charge on any atom is -0.507 e. The molecule has 0 saturated heterocycles. The van der Waals surface area contributed by atoms with Crippen molar-refractivity contribution in [1.82, 2.24) is 4.57 Å². The van der Waals surface area contributed by atoms with Gasteiger partial charge in [0.1, 0.15) is 23.7 Å². The molecular formula is C19H19NO4. The van der Waals surface area contributed by atoms with Crippen molar-refractivity contribution >= 4 is 11.9 Å². The third kappa shape index (κ3) is 3.81. The minimum absolute atomic E-state index is 0.238. The predicted octanol–water partition coefficient (Wildman–Crippen LogP) is 2.86. The molecule has 5 nitrogen and oxygen atoms in total. The normalized spacial score (nSPS) is 10.8. The van der Waals surface area contributed by atoms with Crippen LogP contribution in [0, 0.1) is 6.92 Å². The fourth-order valence-corrected chi connectivity index (χ4v) is 2.15. The van der Waals surface area contributed by atoms with E-state index in [0.29, 0.717) is 18.1 Å². The van der Waals surface area contributed by atoms with Gasteiger partial charge in [0.05, 0.1) is 0 Å². The largest absolute Gasteiger partial charge is 0.507 e. The molecule has 0 fully saturated rings. The van der Waals surface area contributed by atoms with Gasteiger partial charge in [-0.2, -0.15) is 0 Å². The van der Waals surface area contributed by atoms with Gasteiger partial charge in [-0.15, -0.1) is 0 Å². The number of carbonyl (C=O) groups excluding carboxylic acids is 1. The zero-order chi connectivity index (χ0) is 17.7. The van der Waals surface area contributed by atoms with Crippen molar-refractivity contribution in [2.75, 3.05) is 6.61 Å². The van der Waals surface area contributed by atoms with E-state index in [-0.39, 0.29) is 11.3 Å². The van der Waals surface area contributed by atoms with E-state index in [4.69, 9.17) is 4.74 Å². The van der Waals surface area contributed by atoms with Crippen LogP contribution >= 0.6 is 0 Å². The van der Waals surface area contributed by atoms with Gasteiger partial charge in [0, 0.05) is 18.8 Å². The van der Waals surface area contributed by atoms with Crippen molar-refractivity contribution in [3.8, 4) is 11.5 Å².